The molecule has 1 aliphatic heterocycles. The van der Waals surface area contributed by atoms with Gasteiger partial charge in [0.25, 0.3) is 0 Å². The number of rotatable bonds is 4. The maximum absolute atomic E-state index is 12.3. The normalized spacial score (nSPS) is 17.1. The predicted octanol–water partition coefficient (Wildman–Crippen LogP) is 3.27. The highest BCUT2D eigenvalue weighted by Gasteiger charge is 2.35. The zero-order valence-corrected chi connectivity index (χ0v) is 13.8. The molecule has 0 bridgehead atoms. The topological polar surface area (TPSA) is 68.5 Å². The van der Waals surface area contributed by atoms with Crippen LogP contribution >= 0.6 is 0 Å². The molecule has 0 aliphatic carbocycles. The molecular weight excluding hydrogens is 318 g/mol. The SMILES string of the molecule is COc1ccc(-c2noc([C@H]3CC(=O)N(c4ccccc4)C3)n2)cc1. The molecule has 6 nitrogen and oxygen atoms in total. The number of ether oxygens (including phenoxy) is 1. The summed E-state index contributed by atoms with van der Waals surface area (Å²) in [7, 11) is 1.62. The molecule has 6 heteroatoms. The fourth-order valence-corrected chi connectivity index (χ4v) is 2.99. The van der Waals surface area contributed by atoms with Crippen molar-refractivity contribution < 1.29 is 14.1 Å². The van der Waals surface area contributed by atoms with Gasteiger partial charge in [0.05, 0.1) is 13.0 Å². The molecule has 3 aromatic rings. The number of benzene rings is 2. The monoisotopic (exact) mass is 335 g/mol. The fraction of sp³-hybridized carbons (Fsp3) is 0.211. The number of hydrogen-bond donors (Lipinski definition) is 0. The first-order chi connectivity index (χ1) is 12.2. The predicted molar refractivity (Wildman–Crippen MR) is 92.4 cm³/mol. The summed E-state index contributed by atoms with van der Waals surface area (Å²) in [6, 6.07) is 17.1. The number of hydrogen-bond acceptors (Lipinski definition) is 5. The summed E-state index contributed by atoms with van der Waals surface area (Å²) in [5.74, 6) is 1.76. The van der Waals surface area contributed by atoms with E-state index in [1.807, 2.05) is 54.6 Å². The molecule has 1 fully saturated rings. The molecule has 25 heavy (non-hydrogen) atoms. The van der Waals surface area contributed by atoms with Crippen molar-refractivity contribution in [2.24, 2.45) is 0 Å². The van der Waals surface area contributed by atoms with Gasteiger partial charge in [0.2, 0.25) is 17.6 Å². The van der Waals surface area contributed by atoms with Gasteiger partial charge >= 0.3 is 0 Å². The Morgan fingerprint density at radius 2 is 1.88 bits per heavy atom. The first-order valence-corrected chi connectivity index (χ1v) is 8.08. The van der Waals surface area contributed by atoms with Gasteiger partial charge in [0, 0.05) is 24.2 Å². The Bertz CT molecular complexity index is 874. The van der Waals surface area contributed by atoms with Gasteiger partial charge in [0.15, 0.2) is 0 Å². The van der Waals surface area contributed by atoms with Crippen molar-refractivity contribution in [2.45, 2.75) is 12.3 Å². The molecule has 0 radical (unpaired) electrons. The molecule has 1 saturated heterocycles. The van der Waals surface area contributed by atoms with Gasteiger partial charge in [-0.25, -0.2) is 0 Å². The lowest BCUT2D eigenvalue weighted by Crippen LogP contribution is -2.24. The Labute approximate surface area is 145 Å². The van der Waals surface area contributed by atoms with E-state index < -0.39 is 0 Å². The highest BCUT2D eigenvalue weighted by Crippen LogP contribution is 2.32. The molecule has 1 aromatic heterocycles. The molecule has 0 saturated carbocycles. The van der Waals surface area contributed by atoms with Gasteiger partial charge in [-0.15, -0.1) is 0 Å². The van der Waals surface area contributed by atoms with Crippen LogP contribution in [0.15, 0.2) is 59.1 Å². The Kier molecular flexibility index (Phi) is 3.93. The minimum Gasteiger partial charge on any atom is -0.497 e. The third-order valence-corrected chi connectivity index (χ3v) is 4.33. The van der Waals surface area contributed by atoms with Crippen molar-refractivity contribution >= 4 is 11.6 Å². The second-order valence-corrected chi connectivity index (χ2v) is 5.93. The van der Waals surface area contributed by atoms with Crippen LogP contribution < -0.4 is 9.64 Å². The minimum absolute atomic E-state index is 0.0698. The van der Waals surface area contributed by atoms with E-state index >= 15 is 0 Å². The molecule has 1 aliphatic rings. The summed E-state index contributed by atoms with van der Waals surface area (Å²) in [4.78, 5) is 18.6. The van der Waals surface area contributed by atoms with Crippen LogP contribution in [0.5, 0.6) is 5.75 Å². The third kappa shape index (κ3) is 2.98. The summed E-state index contributed by atoms with van der Waals surface area (Å²) in [6.07, 6.45) is 0.374. The van der Waals surface area contributed by atoms with Gasteiger partial charge < -0.3 is 14.2 Å². The average molecular weight is 335 g/mol. The van der Waals surface area contributed by atoms with Gasteiger partial charge in [-0.2, -0.15) is 4.98 Å². The largest absolute Gasteiger partial charge is 0.497 e. The highest BCUT2D eigenvalue weighted by molar-refractivity contribution is 5.96. The quantitative estimate of drug-likeness (QED) is 0.732. The first kappa shape index (κ1) is 15.4. The van der Waals surface area contributed by atoms with Crippen molar-refractivity contribution in [3.63, 3.8) is 0 Å². The third-order valence-electron chi connectivity index (χ3n) is 4.33. The number of para-hydroxylation sites is 1. The molecule has 0 N–H and O–H groups in total. The fourth-order valence-electron chi connectivity index (χ4n) is 2.99. The van der Waals surface area contributed by atoms with Crippen LogP contribution in [0.2, 0.25) is 0 Å². The number of methoxy groups -OCH3 is 1. The van der Waals surface area contributed by atoms with Crippen molar-refractivity contribution in [3.8, 4) is 17.1 Å². The van der Waals surface area contributed by atoms with E-state index in [-0.39, 0.29) is 11.8 Å². The van der Waals surface area contributed by atoms with Crippen molar-refractivity contribution in [2.75, 3.05) is 18.6 Å². The lowest BCUT2D eigenvalue weighted by atomic mass is 10.1. The van der Waals surface area contributed by atoms with Gasteiger partial charge in [-0.05, 0) is 36.4 Å². The summed E-state index contributed by atoms with van der Waals surface area (Å²) < 4.78 is 10.6. The number of anilines is 1. The molecule has 0 spiro atoms. The van der Waals surface area contributed by atoms with E-state index in [0.29, 0.717) is 24.7 Å². The summed E-state index contributed by atoms with van der Waals surface area (Å²) >= 11 is 0. The average Bonchev–Trinajstić information content (AvgIpc) is 3.29. The van der Waals surface area contributed by atoms with E-state index in [0.717, 1.165) is 17.0 Å². The van der Waals surface area contributed by atoms with Crippen molar-refractivity contribution in [1.82, 2.24) is 10.1 Å². The molecule has 126 valence electrons. The number of carbonyl (C=O) groups excluding carboxylic acids is 1. The lowest BCUT2D eigenvalue weighted by Gasteiger charge is -2.15. The molecule has 2 heterocycles. The maximum atomic E-state index is 12.3. The van der Waals surface area contributed by atoms with Crippen LogP contribution in [-0.2, 0) is 4.79 Å². The van der Waals surface area contributed by atoms with Crippen LogP contribution in [0.3, 0.4) is 0 Å². The van der Waals surface area contributed by atoms with Crippen molar-refractivity contribution in [1.29, 1.82) is 0 Å². The maximum Gasteiger partial charge on any atom is 0.232 e. The highest BCUT2D eigenvalue weighted by atomic mass is 16.5. The van der Waals surface area contributed by atoms with Gasteiger partial charge in [-0.1, -0.05) is 23.4 Å². The number of carbonyl (C=O) groups is 1. The summed E-state index contributed by atoms with van der Waals surface area (Å²) in [5, 5.41) is 4.05. The van der Waals surface area contributed by atoms with E-state index in [1.165, 1.54) is 0 Å². The van der Waals surface area contributed by atoms with Gasteiger partial charge in [0.1, 0.15) is 5.75 Å². The number of aromatic nitrogens is 2. The van der Waals surface area contributed by atoms with Crippen LogP contribution in [0.25, 0.3) is 11.4 Å². The van der Waals surface area contributed by atoms with E-state index in [2.05, 4.69) is 10.1 Å². The van der Waals surface area contributed by atoms with E-state index in [4.69, 9.17) is 9.26 Å². The molecule has 1 amide bonds. The van der Waals surface area contributed by atoms with E-state index in [1.54, 1.807) is 12.0 Å². The second-order valence-electron chi connectivity index (χ2n) is 5.93. The Morgan fingerprint density at radius 3 is 2.60 bits per heavy atom. The lowest BCUT2D eigenvalue weighted by molar-refractivity contribution is -0.117. The zero-order chi connectivity index (χ0) is 17.2. The summed E-state index contributed by atoms with van der Waals surface area (Å²) in [6.45, 7) is 0.549. The van der Waals surface area contributed by atoms with Crippen LogP contribution in [0.4, 0.5) is 5.69 Å². The summed E-state index contributed by atoms with van der Waals surface area (Å²) in [5.41, 5.74) is 1.74. The number of amides is 1. The van der Waals surface area contributed by atoms with Crippen LogP contribution in [-0.4, -0.2) is 29.7 Å². The molecule has 0 unspecified atom stereocenters. The Balaban J connectivity index is 1.53. The molecule has 4 rings (SSSR count). The zero-order valence-electron chi connectivity index (χ0n) is 13.8. The van der Waals surface area contributed by atoms with E-state index in [9.17, 15) is 4.79 Å². The molecular formula is C19H17N3O3. The Hall–Kier alpha value is -3.15. The van der Waals surface area contributed by atoms with Crippen LogP contribution in [0.1, 0.15) is 18.2 Å². The standard InChI is InChI=1S/C19H17N3O3/c1-24-16-9-7-13(8-10-16)18-20-19(25-21-18)14-11-17(23)22(12-14)15-5-3-2-4-6-15/h2-10,14H,11-12H2,1H3/t14-/m0/s1. The smallest absolute Gasteiger partial charge is 0.232 e. The molecule has 1 atom stereocenters. The number of nitrogens with zero attached hydrogens (tertiary/aromatic N) is 3. The second kappa shape index (κ2) is 6.39. The Morgan fingerprint density at radius 1 is 1.12 bits per heavy atom. The van der Waals surface area contributed by atoms with Crippen molar-refractivity contribution in [3.05, 3.63) is 60.5 Å². The first-order valence-electron chi connectivity index (χ1n) is 8.08. The van der Waals surface area contributed by atoms with Gasteiger partial charge in [-0.3, -0.25) is 4.79 Å². The van der Waals surface area contributed by atoms with Crippen LogP contribution in [0, 0.1) is 0 Å². The molecule has 2 aromatic carbocycles. The minimum atomic E-state index is -0.0906.